The number of nitrogens with zero attached hydrogens (tertiary/aromatic N) is 1. The Labute approximate surface area is 388 Å². The van der Waals surface area contributed by atoms with Gasteiger partial charge in [-0.3, -0.25) is 9.59 Å². The Hall–Kier alpha value is -1.22. The van der Waals surface area contributed by atoms with Crippen molar-refractivity contribution in [2.75, 3.05) is 65.4 Å². The number of nitrogens with two attached hydrogens (primary N) is 1. The van der Waals surface area contributed by atoms with Crippen molar-refractivity contribution >= 4 is 11.8 Å². The van der Waals surface area contributed by atoms with Gasteiger partial charge in [-0.05, 0) is 90.6 Å². The van der Waals surface area contributed by atoms with Crippen LogP contribution in [0.1, 0.15) is 271 Å². The fraction of sp³-hybridized carbons (Fsp3) is 0.963. The summed E-state index contributed by atoms with van der Waals surface area (Å²) in [6.07, 6.45) is 52.0. The third-order valence-corrected chi connectivity index (χ3v) is 12.8. The van der Waals surface area contributed by atoms with E-state index in [9.17, 15) is 9.59 Å². The molecule has 0 bridgehead atoms. The molecule has 62 heavy (non-hydrogen) atoms. The van der Waals surface area contributed by atoms with E-state index in [1.807, 2.05) is 0 Å². The molecule has 0 rings (SSSR count). The van der Waals surface area contributed by atoms with E-state index in [-0.39, 0.29) is 5.91 Å². The van der Waals surface area contributed by atoms with Gasteiger partial charge in [0.2, 0.25) is 11.8 Å². The summed E-state index contributed by atoms with van der Waals surface area (Å²) >= 11 is 0. The topological polar surface area (TPSA) is 112 Å². The normalized spacial score (nSPS) is 11.5. The van der Waals surface area contributed by atoms with Gasteiger partial charge in [-0.25, -0.2) is 0 Å². The minimum absolute atomic E-state index is 0.0694. The van der Waals surface area contributed by atoms with Crippen LogP contribution in [0.4, 0.5) is 0 Å². The number of carbonyl (C=O) groups excluding carboxylic acids is 2. The average molecular weight is 878 g/mol. The molecule has 0 aromatic heterocycles. The van der Waals surface area contributed by atoms with E-state index < -0.39 is 0 Å². The molecule has 0 heterocycles. The van der Waals surface area contributed by atoms with E-state index in [0.717, 1.165) is 97.3 Å². The molecule has 0 saturated heterocycles. The number of nitrogens with one attached hydrogen (secondary N) is 4. The minimum Gasteiger partial charge on any atom is -0.355 e. The molecule has 0 fully saturated rings. The van der Waals surface area contributed by atoms with E-state index in [1.54, 1.807) is 0 Å². The Bertz CT molecular complexity index is 840. The van der Waals surface area contributed by atoms with Crippen LogP contribution in [-0.2, 0) is 9.59 Å². The lowest BCUT2D eigenvalue weighted by atomic mass is 10.0. The predicted octanol–water partition coefficient (Wildman–Crippen LogP) is 13.3. The maximum Gasteiger partial charge on any atom is 0.233 e. The Morgan fingerprint density at radius 2 is 0.677 bits per heavy atom. The van der Waals surface area contributed by atoms with Gasteiger partial charge in [0.05, 0.1) is 6.54 Å². The summed E-state index contributed by atoms with van der Waals surface area (Å²) in [5, 5.41) is 13.2. The van der Waals surface area contributed by atoms with Crippen LogP contribution in [0.25, 0.3) is 0 Å². The molecule has 0 aliphatic rings. The Morgan fingerprint density at radius 1 is 0.355 bits per heavy atom. The molecule has 6 N–H and O–H groups in total. The molecular weight excluding hydrogens is 765 g/mol. The number of unbranched alkanes of at least 4 members (excludes halogenated alkanes) is 33. The lowest BCUT2D eigenvalue weighted by molar-refractivity contribution is -0.131. The Balaban J connectivity index is 4.14. The fourth-order valence-corrected chi connectivity index (χ4v) is 8.61. The molecular formula is C54H112N6O2. The fourth-order valence-electron chi connectivity index (χ4n) is 8.61. The summed E-state index contributed by atoms with van der Waals surface area (Å²) in [6, 6.07) is 0. The monoisotopic (exact) mass is 877 g/mol. The van der Waals surface area contributed by atoms with Crippen molar-refractivity contribution in [2.24, 2.45) is 5.73 Å². The van der Waals surface area contributed by atoms with E-state index in [2.05, 4.69) is 40.0 Å². The molecule has 0 unspecified atom stereocenters. The minimum atomic E-state index is 0.0694. The summed E-state index contributed by atoms with van der Waals surface area (Å²) in [6.45, 7) is 13.2. The second kappa shape index (κ2) is 54.1. The number of carbonyl (C=O) groups is 2. The van der Waals surface area contributed by atoms with E-state index in [1.165, 1.54) is 205 Å². The SMILES string of the molecule is CCCCCCCCCCCCCCCCCCN(CCCCCCCCCCCCCCCCCC)C(=O)CCCCCNC(=O)CNCCCNCCCCNCCCN. The molecule has 8 nitrogen and oxygen atoms in total. The van der Waals surface area contributed by atoms with Gasteiger partial charge in [0.1, 0.15) is 0 Å². The van der Waals surface area contributed by atoms with Gasteiger partial charge in [-0.2, -0.15) is 0 Å². The molecule has 0 atom stereocenters. The van der Waals surface area contributed by atoms with Gasteiger partial charge in [-0.1, -0.05) is 213 Å². The molecule has 0 saturated carbocycles. The Morgan fingerprint density at radius 3 is 1.08 bits per heavy atom. The first-order valence-electron chi connectivity index (χ1n) is 28.0. The summed E-state index contributed by atoms with van der Waals surface area (Å²) < 4.78 is 0. The van der Waals surface area contributed by atoms with Gasteiger partial charge in [0.25, 0.3) is 0 Å². The van der Waals surface area contributed by atoms with Crippen LogP contribution < -0.4 is 27.0 Å². The third kappa shape index (κ3) is 49.8. The third-order valence-electron chi connectivity index (χ3n) is 12.8. The lowest BCUT2D eigenvalue weighted by Crippen LogP contribution is -2.35. The van der Waals surface area contributed by atoms with Crippen molar-refractivity contribution in [1.82, 2.24) is 26.2 Å². The van der Waals surface area contributed by atoms with Crippen LogP contribution in [0.2, 0.25) is 0 Å². The predicted molar refractivity (Wildman–Crippen MR) is 273 cm³/mol. The molecule has 370 valence electrons. The molecule has 0 aromatic carbocycles. The van der Waals surface area contributed by atoms with Gasteiger partial charge in [0, 0.05) is 26.1 Å². The van der Waals surface area contributed by atoms with Crippen LogP contribution in [0, 0.1) is 0 Å². The zero-order chi connectivity index (χ0) is 44.9. The number of amides is 2. The molecule has 2 amide bonds. The van der Waals surface area contributed by atoms with Crippen LogP contribution in [0.15, 0.2) is 0 Å². The molecule has 0 aliphatic heterocycles. The van der Waals surface area contributed by atoms with Gasteiger partial charge < -0.3 is 31.9 Å². The molecule has 0 aliphatic carbocycles. The first-order valence-corrected chi connectivity index (χ1v) is 28.0. The number of hydrogen-bond acceptors (Lipinski definition) is 6. The summed E-state index contributed by atoms with van der Waals surface area (Å²) in [5.74, 6) is 0.421. The molecule has 0 spiro atoms. The second-order valence-electron chi connectivity index (χ2n) is 19.0. The highest BCUT2D eigenvalue weighted by molar-refractivity contribution is 5.78. The molecule has 0 radical (unpaired) electrons. The van der Waals surface area contributed by atoms with E-state index in [4.69, 9.17) is 5.73 Å². The first-order chi connectivity index (χ1) is 30.7. The number of rotatable bonds is 54. The van der Waals surface area contributed by atoms with Crippen LogP contribution >= 0.6 is 0 Å². The van der Waals surface area contributed by atoms with E-state index >= 15 is 0 Å². The van der Waals surface area contributed by atoms with Crippen molar-refractivity contribution in [3.63, 3.8) is 0 Å². The van der Waals surface area contributed by atoms with Crippen molar-refractivity contribution in [2.45, 2.75) is 271 Å². The Kier molecular flexibility index (Phi) is 53.1. The first kappa shape index (κ1) is 60.8. The lowest BCUT2D eigenvalue weighted by Gasteiger charge is -2.23. The van der Waals surface area contributed by atoms with Gasteiger partial charge in [-0.15, -0.1) is 0 Å². The van der Waals surface area contributed by atoms with Crippen molar-refractivity contribution < 1.29 is 9.59 Å². The van der Waals surface area contributed by atoms with E-state index in [0.29, 0.717) is 25.4 Å². The maximum absolute atomic E-state index is 13.4. The second-order valence-corrected chi connectivity index (χ2v) is 19.0. The van der Waals surface area contributed by atoms with Crippen molar-refractivity contribution in [3.05, 3.63) is 0 Å². The van der Waals surface area contributed by atoms with Crippen molar-refractivity contribution in [1.29, 1.82) is 0 Å². The van der Waals surface area contributed by atoms with Crippen molar-refractivity contribution in [3.8, 4) is 0 Å². The molecule has 8 heteroatoms. The average Bonchev–Trinajstić information content (AvgIpc) is 3.27. The van der Waals surface area contributed by atoms with Gasteiger partial charge in [0.15, 0.2) is 0 Å². The highest BCUT2D eigenvalue weighted by Crippen LogP contribution is 2.16. The highest BCUT2D eigenvalue weighted by atomic mass is 16.2. The molecule has 0 aromatic rings. The standard InChI is InChI=1S/C54H112N6O2/c1-3-5-7-9-11-13-15-17-19-21-23-25-27-29-31-38-50-60(51-39-32-30-28-26-24-22-20-18-16-14-12-10-8-6-4-2)54(62)42-34-33-35-49-59-53(61)52-58-48-41-47-57-45-37-36-44-56-46-40-43-55/h56-58H,3-52,55H2,1-2H3,(H,59,61). The summed E-state index contributed by atoms with van der Waals surface area (Å²) in [7, 11) is 0. The summed E-state index contributed by atoms with van der Waals surface area (Å²) in [4.78, 5) is 27.9. The van der Waals surface area contributed by atoms with Crippen LogP contribution in [0.5, 0.6) is 0 Å². The highest BCUT2D eigenvalue weighted by Gasteiger charge is 2.13. The number of hydrogen-bond donors (Lipinski definition) is 5. The largest absolute Gasteiger partial charge is 0.355 e. The maximum atomic E-state index is 13.4. The zero-order valence-corrected chi connectivity index (χ0v) is 42.2. The van der Waals surface area contributed by atoms with Gasteiger partial charge >= 0.3 is 0 Å². The van der Waals surface area contributed by atoms with Crippen LogP contribution in [-0.4, -0.2) is 82.2 Å². The smallest absolute Gasteiger partial charge is 0.233 e. The summed E-state index contributed by atoms with van der Waals surface area (Å²) in [5.41, 5.74) is 5.52. The zero-order valence-electron chi connectivity index (χ0n) is 42.2. The van der Waals surface area contributed by atoms with Crippen LogP contribution in [0.3, 0.4) is 0 Å². The quantitative estimate of drug-likeness (QED) is 0.0389.